The van der Waals surface area contributed by atoms with Gasteiger partial charge >= 0.3 is 0 Å². The molecule has 1 aliphatic rings. The normalized spacial score (nSPS) is 20.8. The molecular weight excluding hydrogens is 326 g/mol. The first-order valence-electron chi connectivity index (χ1n) is 6.98. The molecule has 1 unspecified atom stereocenters. The lowest BCUT2D eigenvalue weighted by Crippen LogP contribution is -2.34. The molecule has 1 N–H and O–H groups in total. The predicted octanol–water partition coefficient (Wildman–Crippen LogP) is 2.75. The van der Waals surface area contributed by atoms with E-state index in [1.807, 2.05) is 0 Å². The predicted molar refractivity (Wildman–Crippen MR) is 80.0 cm³/mol. The van der Waals surface area contributed by atoms with Crippen molar-refractivity contribution < 1.29 is 18.7 Å². The van der Waals surface area contributed by atoms with Crippen LogP contribution in [-0.2, 0) is 5.60 Å². The molecule has 1 aromatic carbocycles. The first-order valence-corrected chi connectivity index (χ1v) is 7.36. The summed E-state index contributed by atoms with van der Waals surface area (Å²) in [5.74, 6) is -1.85. The van der Waals surface area contributed by atoms with Gasteiger partial charge in [-0.1, -0.05) is 23.7 Å². The summed E-state index contributed by atoms with van der Waals surface area (Å²) >= 11 is 5.59. The van der Waals surface area contributed by atoms with Crippen LogP contribution in [0.4, 0.5) is 8.78 Å². The van der Waals surface area contributed by atoms with E-state index >= 15 is 0 Å². The van der Waals surface area contributed by atoms with Gasteiger partial charge in [-0.3, -0.25) is 4.79 Å². The lowest BCUT2D eigenvalue weighted by molar-refractivity contribution is 0.0415. The molecule has 120 valence electrons. The molecule has 2 heterocycles. The molecule has 1 aliphatic heterocycles. The maximum absolute atomic E-state index is 13.9. The molecule has 0 radical (unpaired) electrons. The van der Waals surface area contributed by atoms with E-state index < -0.39 is 23.1 Å². The number of aromatic nitrogens is 1. The van der Waals surface area contributed by atoms with Crippen molar-refractivity contribution in [3.05, 3.63) is 64.4 Å². The Bertz CT molecular complexity index is 754. The van der Waals surface area contributed by atoms with E-state index in [-0.39, 0.29) is 30.2 Å². The minimum Gasteiger partial charge on any atom is -0.383 e. The van der Waals surface area contributed by atoms with Crippen LogP contribution in [0.3, 0.4) is 0 Å². The molecule has 1 amide bonds. The summed E-state index contributed by atoms with van der Waals surface area (Å²) in [5, 5.41) is 10.3. The van der Waals surface area contributed by atoms with Crippen LogP contribution in [0.1, 0.15) is 22.3 Å². The molecule has 0 saturated carbocycles. The maximum Gasteiger partial charge on any atom is 0.257 e. The number of hydrogen-bond donors (Lipinski definition) is 1. The van der Waals surface area contributed by atoms with Crippen LogP contribution < -0.4 is 0 Å². The molecule has 1 atom stereocenters. The SMILES string of the molecule is O=C(c1ccnc(Cl)c1F)N1CCC(O)(c2ccc(F)cc2)C1. The van der Waals surface area contributed by atoms with Crippen molar-refractivity contribution in [1.29, 1.82) is 0 Å². The van der Waals surface area contributed by atoms with Gasteiger partial charge in [-0.25, -0.2) is 13.8 Å². The lowest BCUT2D eigenvalue weighted by atomic mass is 9.93. The third kappa shape index (κ3) is 2.92. The van der Waals surface area contributed by atoms with E-state index in [1.165, 1.54) is 41.4 Å². The zero-order chi connectivity index (χ0) is 16.6. The van der Waals surface area contributed by atoms with Gasteiger partial charge in [0.05, 0.1) is 12.1 Å². The number of carbonyl (C=O) groups is 1. The maximum atomic E-state index is 13.9. The van der Waals surface area contributed by atoms with Crippen molar-refractivity contribution in [1.82, 2.24) is 9.88 Å². The minimum atomic E-state index is -1.28. The Morgan fingerprint density at radius 3 is 2.65 bits per heavy atom. The Morgan fingerprint density at radius 1 is 1.26 bits per heavy atom. The fourth-order valence-electron chi connectivity index (χ4n) is 2.72. The first-order chi connectivity index (χ1) is 10.9. The Balaban J connectivity index is 1.83. The highest BCUT2D eigenvalue weighted by atomic mass is 35.5. The molecule has 0 bridgehead atoms. The van der Waals surface area contributed by atoms with E-state index in [9.17, 15) is 18.7 Å². The Kier molecular flexibility index (Phi) is 4.04. The molecular formula is C16H13ClF2N2O2. The summed E-state index contributed by atoms with van der Waals surface area (Å²) in [6.45, 7) is 0.253. The van der Waals surface area contributed by atoms with Crippen molar-refractivity contribution in [2.45, 2.75) is 12.0 Å². The van der Waals surface area contributed by atoms with Crippen molar-refractivity contribution in [3.63, 3.8) is 0 Å². The van der Waals surface area contributed by atoms with Crippen molar-refractivity contribution in [2.75, 3.05) is 13.1 Å². The second-order valence-electron chi connectivity index (χ2n) is 5.48. The molecule has 0 spiro atoms. The average molecular weight is 339 g/mol. The van der Waals surface area contributed by atoms with Gasteiger partial charge in [0.1, 0.15) is 11.4 Å². The highest BCUT2D eigenvalue weighted by Crippen LogP contribution is 2.33. The number of carbonyl (C=O) groups excluding carboxylic acids is 1. The molecule has 1 fully saturated rings. The third-order valence-electron chi connectivity index (χ3n) is 3.99. The summed E-state index contributed by atoms with van der Waals surface area (Å²) in [4.78, 5) is 17.3. The number of pyridine rings is 1. The summed E-state index contributed by atoms with van der Waals surface area (Å²) in [7, 11) is 0. The third-order valence-corrected chi connectivity index (χ3v) is 4.26. The Hall–Kier alpha value is -2.05. The zero-order valence-corrected chi connectivity index (χ0v) is 12.7. The lowest BCUT2D eigenvalue weighted by Gasteiger charge is -2.24. The smallest absolute Gasteiger partial charge is 0.257 e. The van der Waals surface area contributed by atoms with E-state index in [0.717, 1.165) is 0 Å². The number of rotatable bonds is 2. The quantitative estimate of drug-likeness (QED) is 0.857. The minimum absolute atomic E-state index is 0.00313. The summed E-state index contributed by atoms with van der Waals surface area (Å²) in [6.07, 6.45) is 1.53. The van der Waals surface area contributed by atoms with Crippen LogP contribution >= 0.6 is 11.6 Å². The van der Waals surface area contributed by atoms with E-state index in [2.05, 4.69) is 4.98 Å². The van der Waals surface area contributed by atoms with Crippen LogP contribution in [0.15, 0.2) is 36.5 Å². The number of hydrogen-bond acceptors (Lipinski definition) is 3. The van der Waals surface area contributed by atoms with Gasteiger partial charge < -0.3 is 10.0 Å². The van der Waals surface area contributed by atoms with Gasteiger partial charge in [0.2, 0.25) is 0 Å². The van der Waals surface area contributed by atoms with Crippen molar-refractivity contribution in [3.8, 4) is 0 Å². The number of aliphatic hydroxyl groups is 1. The van der Waals surface area contributed by atoms with Crippen molar-refractivity contribution in [2.24, 2.45) is 0 Å². The van der Waals surface area contributed by atoms with Gasteiger partial charge in [-0.05, 0) is 30.2 Å². The van der Waals surface area contributed by atoms with Crippen LogP contribution in [0.25, 0.3) is 0 Å². The molecule has 4 nitrogen and oxygen atoms in total. The van der Waals surface area contributed by atoms with Crippen LogP contribution in [0, 0.1) is 11.6 Å². The van der Waals surface area contributed by atoms with Gasteiger partial charge in [-0.15, -0.1) is 0 Å². The molecule has 1 saturated heterocycles. The second-order valence-corrected chi connectivity index (χ2v) is 5.84. The summed E-state index contributed by atoms with van der Waals surface area (Å²) < 4.78 is 26.9. The number of β-amino-alcohol motifs (C(OH)–C–C–N with tert-alkyl or cyclic N) is 1. The molecule has 0 aliphatic carbocycles. The largest absolute Gasteiger partial charge is 0.383 e. The topological polar surface area (TPSA) is 53.4 Å². The molecule has 23 heavy (non-hydrogen) atoms. The van der Waals surface area contributed by atoms with Crippen LogP contribution in [0.2, 0.25) is 5.15 Å². The van der Waals surface area contributed by atoms with Gasteiger partial charge in [0.25, 0.3) is 5.91 Å². The number of nitrogens with zero attached hydrogens (tertiary/aromatic N) is 2. The first kappa shape index (κ1) is 15.8. The molecule has 1 aromatic heterocycles. The second kappa shape index (κ2) is 5.86. The number of benzene rings is 1. The van der Waals surface area contributed by atoms with Gasteiger partial charge in [0.15, 0.2) is 11.0 Å². The number of amides is 1. The number of likely N-dealkylation sites (tertiary alicyclic amines) is 1. The van der Waals surface area contributed by atoms with Gasteiger partial charge in [0, 0.05) is 12.7 Å². The standard InChI is InChI=1S/C16H13ClF2N2O2/c17-14-13(19)12(5-7-20-14)15(22)21-8-6-16(23,9-21)10-1-3-11(18)4-2-10/h1-5,7,23H,6,8-9H2. The van der Waals surface area contributed by atoms with Gasteiger partial charge in [-0.2, -0.15) is 0 Å². The fourth-order valence-corrected chi connectivity index (χ4v) is 2.87. The highest BCUT2D eigenvalue weighted by Gasteiger charge is 2.40. The van der Waals surface area contributed by atoms with E-state index in [4.69, 9.17) is 11.6 Å². The highest BCUT2D eigenvalue weighted by molar-refractivity contribution is 6.29. The van der Waals surface area contributed by atoms with Crippen molar-refractivity contribution >= 4 is 17.5 Å². The molecule has 7 heteroatoms. The molecule has 3 rings (SSSR count). The monoisotopic (exact) mass is 338 g/mol. The summed E-state index contributed by atoms with van der Waals surface area (Å²) in [5.41, 5.74) is -0.952. The average Bonchev–Trinajstić information content (AvgIpc) is 2.93. The van der Waals surface area contributed by atoms with Crippen LogP contribution in [-0.4, -0.2) is 34.0 Å². The molecule has 2 aromatic rings. The summed E-state index contributed by atoms with van der Waals surface area (Å²) in [6, 6.07) is 6.71. The Morgan fingerprint density at radius 2 is 1.96 bits per heavy atom. The Labute approximate surface area is 136 Å². The number of halogens is 3. The van der Waals surface area contributed by atoms with E-state index in [0.29, 0.717) is 5.56 Å². The fraction of sp³-hybridized carbons (Fsp3) is 0.250. The van der Waals surface area contributed by atoms with E-state index in [1.54, 1.807) is 0 Å². The van der Waals surface area contributed by atoms with Crippen LogP contribution in [0.5, 0.6) is 0 Å². The zero-order valence-electron chi connectivity index (χ0n) is 12.0.